The van der Waals surface area contributed by atoms with Crippen molar-refractivity contribution >= 4 is 15.7 Å². The Hall–Kier alpha value is -1.11. The van der Waals surface area contributed by atoms with Crippen molar-refractivity contribution in [3.05, 3.63) is 24.3 Å². The predicted octanol–water partition coefficient (Wildman–Crippen LogP) is 1.56. The summed E-state index contributed by atoms with van der Waals surface area (Å²) >= 11 is 0. The molecule has 6 heteroatoms. The number of piperidine rings is 1. The molecule has 1 saturated heterocycles. The first-order chi connectivity index (χ1) is 9.92. The monoisotopic (exact) mass is 311 g/mol. The third-order valence-electron chi connectivity index (χ3n) is 3.73. The summed E-state index contributed by atoms with van der Waals surface area (Å²) in [5, 5.41) is 3.31. The molecule has 1 fully saturated rings. The van der Waals surface area contributed by atoms with Gasteiger partial charge >= 0.3 is 0 Å². The van der Waals surface area contributed by atoms with Gasteiger partial charge in [0.05, 0.1) is 4.90 Å². The summed E-state index contributed by atoms with van der Waals surface area (Å²) < 4.78 is 26.8. The summed E-state index contributed by atoms with van der Waals surface area (Å²) in [7, 11) is -1.42. The molecule has 2 N–H and O–H groups in total. The molecule has 0 amide bonds. The summed E-state index contributed by atoms with van der Waals surface area (Å²) in [6, 6.07) is 7.56. The first-order valence-corrected chi connectivity index (χ1v) is 8.95. The third-order valence-corrected chi connectivity index (χ3v) is 5.41. The van der Waals surface area contributed by atoms with E-state index in [1.165, 1.54) is 6.42 Å². The number of hydrogen-bond acceptors (Lipinski definition) is 4. The van der Waals surface area contributed by atoms with Crippen molar-refractivity contribution in [2.45, 2.75) is 43.7 Å². The van der Waals surface area contributed by atoms with Gasteiger partial charge in [0.2, 0.25) is 10.0 Å². The molecule has 21 heavy (non-hydrogen) atoms. The molecule has 5 nitrogen and oxygen atoms in total. The number of benzene rings is 1. The fraction of sp³-hybridized carbons (Fsp3) is 0.600. The van der Waals surface area contributed by atoms with Crippen LogP contribution in [0.15, 0.2) is 29.2 Å². The Morgan fingerprint density at radius 1 is 1.24 bits per heavy atom. The van der Waals surface area contributed by atoms with Crippen LogP contribution in [0.25, 0.3) is 0 Å². The highest BCUT2D eigenvalue weighted by atomic mass is 32.2. The number of rotatable bonds is 5. The highest BCUT2D eigenvalue weighted by Crippen LogP contribution is 2.22. The van der Waals surface area contributed by atoms with Crippen LogP contribution in [0.4, 0.5) is 5.69 Å². The summed E-state index contributed by atoms with van der Waals surface area (Å²) in [6.07, 6.45) is 2.35. The fourth-order valence-electron chi connectivity index (χ4n) is 2.66. The lowest BCUT2D eigenvalue weighted by molar-refractivity contribution is 0.449. The average Bonchev–Trinajstić information content (AvgIpc) is 2.46. The zero-order chi connectivity index (χ0) is 15.5. The average molecular weight is 311 g/mol. The van der Waals surface area contributed by atoms with Gasteiger partial charge in [0, 0.05) is 30.9 Å². The molecule has 0 radical (unpaired) electrons. The summed E-state index contributed by atoms with van der Waals surface area (Å²) in [5.41, 5.74) is 1.08. The van der Waals surface area contributed by atoms with Crippen molar-refractivity contribution in [3.8, 4) is 0 Å². The van der Waals surface area contributed by atoms with Crippen molar-refractivity contribution in [1.29, 1.82) is 0 Å². The maximum absolute atomic E-state index is 12.1. The highest BCUT2D eigenvalue weighted by molar-refractivity contribution is 7.89. The Morgan fingerprint density at radius 2 is 1.90 bits per heavy atom. The van der Waals surface area contributed by atoms with Gasteiger partial charge in [-0.05, 0) is 58.0 Å². The first kappa shape index (κ1) is 16.3. The third kappa shape index (κ3) is 4.18. The van der Waals surface area contributed by atoms with Crippen molar-refractivity contribution in [3.63, 3.8) is 0 Å². The quantitative estimate of drug-likeness (QED) is 0.866. The first-order valence-electron chi connectivity index (χ1n) is 7.47. The van der Waals surface area contributed by atoms with Crippen LogP contribution in [0.1, 0.15) is 26.7 Å². The largest absolute Gasteiger partial charge is 0.370 e. The van der Waals surface area contributed by atoms with Gasteiger partial charge < -0.3 is 10.2 Å². The number of hydrogen-bond donors (Lipinski definition) is 2. The van der Waals surface area contributed by atoms with E-state index in [9.17, 15) is 8.42 Å². The molecule has 118 valence electrons. The van der Waals surface area contributed by atoms with Crippen LogP contribution in [-0.4, -0.2) is 40.6 Å². The maximum Gasteiger partial charge on any atom is 0.240 e. The minimum absolute atomic E-state index is 0.104. The second-order valence-corrected chi connectivity index (χ2v) is 7.56. The Balaban J connectivity index is 2.12. The fourth-order valence-corrected chi connectivity index (χ4v) is 3.91. The van der Waals surface area contributed by atoms with Crippen molar-refractivity contribution in [2.24, 2.45) is 0 Å². The minimum Gasteiger partial charge on any atom is -0.370 e. The topological polar surface area (TPSA) is 61.4 Å². The molecule has 1 unspecified atom stereocenters. The molecule has 1 atom stereocenters. The van der Waals surface area contributed by atoms with Gasteiger partial charge in [-0.2, -0.15) is 0 Å². The van der Waals surface area contributed by atoms with Crippen LogP contribution < -0.4 is 14.9 Å². The summed E-state index contributed by atoms with van der Waals surface area (Å²) in [4.78, 5) is 2.62. The van der Waals surface area contributed by atoms with E-state index in [0.717, 1.165) is 25.2 Å². The Labute approximate surface area is 127 Å². The number of likely N-dealkylation sites (N-methyl/N-ethyl adjacent to an activating group) is 1. The van der Waals surface area contributed by atoms with E-state index < -0.39 is 10.0 Å². The molecule has 0 bridgehead atoms. The Bertz CT molecular complexity index is 555. The van der Waals surface area contributed by atoms with Crippen LogP contribution in [0.5, 0.6) is 0 Å². The lowest BCUT2D eigenvalue weighted by Crippen LogP contribution is -2.44. The predicted molar refractivity (Wildman–Crippen MR) is 86.2 cm³/mol. The van der Waals surface area contributed by atoms with E-state index in [-0.39, 0.29) is 6.04 Å². The molecule has 1 aliphatic heterocycles. The van der Waals surface area contributed by atoms with Gasteiger partial charge in [-0.15, -0.1) is 0 Å². The molecule has 0 saturated carbocycles. The summed E-state index contributed by atoms with van der Waals surface area (Å²) in [5.74, 6) is 0. The van der Waals surface area contributed by atoms with E-state index in [0.29, 0.717) is 10.9 Å². The minimum atomic E-state index is -3.40. The van der Waals surface area contributed by atoms with Gasteiger partial charge in [-0.3, -0.25) is 0 Å². The molecule has 0 spiro atoms. The van der Waals surface area contributed by atoms with Gasteiger partial charge in [0.1, 0.15) is 0 Å². The number of sulfonamides is 1. The van der Waals surface area contributed by atoms with E-state index >= 15 is 0 Å². The van der Waals surface area contributed by atoms with E-state index in [1.54, 1.807) is 12.1 Å². The molecule has 1 aliphatic rings. The Morgan fingerprint density at radius 3 is 2.48 bits per heavy atom. The van der Waals surface area contributed by atoms with E-state index in [4.69, 9.17) is 0 Å². The highest BCUT2D eigenvalue weighted by Gasteiger charge is 2.20. The van der Waals surface area contributed by atoms with Gasteiger partial charge in [0.25, 0.3) is 0 Å². The zero-order valence-corrected chi connectivity index (χ0v) is 13.8. The molecular weight excluding hydrogens is 286 g/mol. The number of nitrogens with zero attached hydrogens (tertiary/aromatic N) is 1. The molecule has 1 aromatic carbocycles. The van der Waals surface area contributed by atoms with Crippen molar-refractivity contribution < 1.29 is 8.42 Å². The van der Waals surface area contributed by atoms with Crippen LogP contribution in [0.3, 0.4) is 0 Å². The van der Waals surface area contributed by atoms with Crippen LogP contribution >= 0.6 is 0 Å². The molecule has 0 aliphatic carbocycles. The maximum atomic E-state index is 12.1. The zero-order valence-electron chi connectivity index (χ0n) is 13.0. The van der Waals surface area contributed by atoms with Crippen LogP contribution in [0, 0.1) is 0 Å². The molecular formula is C15H25N3O2S. The van der Waals surface area contributed by atoms with E-state index in [2.05, 4.69) is 14.9 Å². The molecule has 1 aromatic rings. The normalized spacial score (nSPS) is 20.0. The van der Waals surface area contributed by atoms with E-state index in [1.807, 2.05) is 33.0 Å². The lowest BCUT2D eigenvalue weighted by Gasteiger charge is -2.34. The SMILES string of the molecule is CNC1CCCN(c2ccc(S(=O)(=O)NC(C)C)cc2)C1. The second kappa shape index (κ2) is 6.77. The lowest BCUT2D eigenvalue weighted by atomic mass is 10.1. The van der Waals surface area contributed by atoms with Gasteiger partial charge in [0.15, 0.2) is 0 Å². The molecule has 1 heterocycles. The van der Waals surface area contributed by atoms with Gasteiger partial charge in [-0.25, -0.2) is 13.1 Å². The smallest absolute Gasteiger partial charge is 0.240 e. The number of nitrogens with one attached hydrogen (secondary N) is 2. The van der Waals surface area contributed by atoms with Crippen LogP contribution in [0.2, 0.25) is 0 Å². The molecule has 2 rings (SSSR count). The Kier molecular flexibility index (Phi) is 5.24. The standard InChI is InChI=1S/C15H25N3O2S/c1-12(2)17-21(19,20)15-8-6-14(7-9-15)18-10-4-5-13(11-18)16-3/h6-9,12-13,16-17H,4-5,10-11H2,1-3H3. The number of anilines is 1. The summed E-state index contributed by atoms with van der Waals surface area (Å²) in [6.45, 7) is 5.62. The second-order valence-electron chi connectivity index (χ2n) is 5.84. The van der Waals surface area contributed by atoms with Crippen molar-refractivity contribution in [2.75, 3.05) is 25.0 Å². The van der Waals surface area contributed by atoms with Gasteiger partial charge in [-0.1, -0.05) is 0 Å². The molecule has 0 aromatic heterocycles. The van der Waals surface area contributed by atoms with Crippen LogP contribution in [-0.2, 0) is 10.0 Å². The van der Waals surface area contributed by atoms with Crippen molar-refractivity contribution in [1.82, 2.24) is 10.0 Å².